The molecular weight excluding hydrogens is 315 g/mol. The average molecular weight is 338 g/mol. The van der Waals surface area contributed by atoms with E-state index in [4.69, 9.17) is 0 Å². The minimum atomic E-state index is -0.183. The van der Waals surface area contributed by atoms with Crippen molar-refractivity contribution in [1.29, 1.82) is 0 Å². The third-order valence-corrected chi connectivity index (χ3v) is 3.78. The summed E-state index contributed by atoms with van der Waals surface area (Å²) in [6, 6.07) is 9.19. The topological polar surface area (TPSA) is 32.7 Å². The fourth-order valence-corrected chi connectivity index (χ4v) is 2.36. The van der Waals surface area contributed by atoms with E-state index in [9.17, 15) is 4.79 Å². The van der Waals surface area contributed by atoms with Gasteiger partial charge in [0.2, 0.25) is 0 Å². The standard InChI is InChI=1S/C16H23N2OSe/c1-3-5-12-18(13-6-4-2)16(20)17-15(19)14-10-8-7-9-11-14/h7-11H,3-6,12-13H2,1-2H3. The van der Waals surface area contributed by atoms with Crippen molar-refractivity contribution in [2.75, 3.05) is 13.1 Å². The normalized spacial score (nSPS) is 11.4. The Labute approximate surface area is 130 Å². The maximum atomic E-state index is 12.1. The van der Waals surface area contributed by atoms with Crippen LogP contribution in [0.15, 0.2) is 35.3 Å². The molecule has 1 aromatic rings. The Bertz CT molecular complexity index is 423. The zero-order valence-corrected chi connectivity index (χ0v) is 14.1. The summed E-state index contributed by atoms with van der Waals surface area (Å²) >= 11 is 2.95. The van der Waals surface area contributed by atoms with Gasteiger partial charge in [0.25, 0.3) is 0 Å². The number of benzene rings is 1. The molecule has 20 heavy (non-hydrogen) atoms. The molecule has 1 radical (unpaired) electrons. The van der Waals surface area contributed by atoms with Gasteiger partial charge in [-0.25, -0.2) is 0 Å². The molecule has 0 aliphatic rings. The zero-order valence-electron chi connectivity index (χ0n) is 12.3. The molecule has 4 heteroatoms. The van der Waals surface area contributed by atoms with Crippen LogP contribution in [0.2, 0.25) is 0 Å². The second kappa shape index (κ2) is 9.73. The molecule has 0 saturated carbocycles. The molecule has 0 saturated heterocycles. The molecule has 0 spiro atoms. The van der Waals surface area contributed by atoms with E-state index in [-0.39, 0.29) is 5.91 Å². The summed E-state index contributed by atoms with van der Waals surface area (Å²) in [5.41, 5.74) is 0.631. The summed E-state index contributed by atoms with van der Waals surface area (Å²) in [6.45, 7) is 6.24. The third kappa shape index (κ3) is 5.89. The van der Waals surface area contributed by atoms with Gasteiger partial charge in [0, 0.05) is 0 Å². The van der Waals surface area contributed by atoms with Gasteiger partial charge in [0.1, 0.15) is 0 Å². The van der Waals surface area contributed by atoms with E-state index in [1.165, 1.54) is 0 Å². The van der Waals surface area contributed by atoms with Crippen molar-refractivity contribution in [2.24, 2.45) is 4.99 Å². The summed E-state index contributed by atoms with van der Waals surface area (Å²) in [6.07, 6.45) is 4.51. The average Bonchev–Trinajstić information content (AvgIpc) is 2.48. The Hall–Kier alpha value is -1.12. The van der Waals surface area contributed by atoms with Crippen LogP contribution in [0.5, 0.6) is 0 Å². The predicted octanol–water partition coefficient (Wildman–Crippen LogP) is 3.25. The number of carbonyl (C=O) groups excluding carboxylic acids is 1. The van der Waals surface area contributed by atoms with Gasteiger partial charge >= 0.3 is 130 Å². The molecule has 0 heterocycles. The van der Waals surface area contributed by atoms with E-state index in [1.54, 1.807) is 12.1 Å². The molecule has 0 aliphatic heterocycles. The van der Waals surface area contributed by atoms with Crippen LogP contribution in [0.4, 0.5) is 0 Å². The van der Waals surface area contributed by atoms with Crippen molar-refractivity contribution in [3.05, 3.63) is 35.9 Å². The molecule has 1 rings (SSSR count). The van der Waals surface area contributed by atoms with Crippen molar-refractivity contribution >= 4 is 26.7 Å². The molecule has 0 aliphatic carbocycles. The number of amides is 1. The summed E-state index contributed by atoms with van der Waals surface area (Å²) in [5, 5.41) is 0. The van der Waals surface area contributed by atoms with Crippen LogP contribution < -0.4 is 0 Å². The summed E-state index contributed by atoms with van der Waals surface area (Å²) in [7, 11) is 0. The van der Waals surface area contributed by atoms with Gasteiger partial charge in [-0.05, 0) is 0 Å². The van der Waals surface area contributed by atoms with Crippen LogP contribution in [0.25, 0.3) is 0 Å². The van der Waals surface area contributed by atoms with Gasteiger partial charge in [-0.3, -0.25) is 0 Å². The maximum absolute atomic E-state index is 12.1. The molecule has 0 bridgehead atoms. The quantitative estimate of drug-likeness (QED) is 0.434. The van der Waals surface area contributed by atoms with Crippen LogP contribution in [-0.4, -0.2) is 44.6 Å². The summed E-state index contributed by atoms with van der Waals surface area (Å²) in [4.78, 5) is 18.4. The number of rotatable bonds is 7. The Morgan fingerprint density at radius 2 is 1.65 bits per heavy atom. The molecule has 0 unspecified atom stereocenters. The van der Waals surface area contributed by atoms with Crippen molar-refractivity contribution in [1.82, 2.24) is 4.90 Å². The van der Waals surface area contributed by atoms with Crippen molar-refractivity contribution in [3.8, 4) is 0 Å². The molecule has 1 amide bonds. The van der Waals surface area contributed by atoms with Crippen LogP contribution >= 0.6 is 0 Å². The number of hydrogen-bond donors (Lipinski definition) is 0. The van der Waals surface area contributed by atoms with E-state index in [0.717, 1.165) is 38.8 Å². The Balaban J connectivity index is 2.73. The van der Waals surface area contributed by atoms with Crippen LogP contribution in [0.1, 0.15) is 49.9 Å². The number of unbranched alkanes of at least 4 members (excludes halogenated alkanes) is 2. The van der Waals surface area contributed by atoms with Gasteiger partial charge < -0.3 is 0 Å². The van der Waals surface area contributed by atoms with E-state index in [0.29, 0.717) is 10.3 Å². The van der Waals surface area contributed by atoms with Gasteiger partial charge in [-0.15, -0.1) is 0 Å². The SMILES string of the molecule is CCCCN(CCCC)C([Se])=NC(=O)c1ccccc1. The van der Waals surface area contributed by atoms with Crippen molar-refractivity contribution in [2.45, 2.75) is 39.5 Å². The second-order valence-electron chi connectivity index (χ2n) is 4.76. The van der Waals surface area contributed by atoms with Gasteiger partial charge in [0.05, 0.1) is 0 Å². The number of carbonyl (C=O) groups is 1. The molecule has 0 N–H and O–H groups in total. The first-order valence-corrected chi connectivity index (χ1v) is 8.14. The first kappa shape index (κ1) is 16.9. The molecule has 109 valence electrons. The van der Waals surface area contributed by atoms with Gasteiger partial charge in [-0.2, -0.15) is 0 Å². The summed E-state index contributed by atoms with van der Waals surface area (Å²) in [5.74, 6) is -0.183. The van der Waals surface area contributed by atoms with E-state index in [1.807, 2.05) is 18.2 Å². The predicted molar refractivity (Wildman–Crippen MR) is 85.4 cm³/mol. The van der Waals surface area contributed by atoms with Gasteiger partial charge in [0.15, 0.2) is 0 Å². The first-order valence-electron chi connectivity index (χ1n) is 7.29. The van der Waals surface area contributed by atoms with E-state index >= 15 is 0 Å². The molecule has 1 aromatic carbocycles. The molecule has 0 atom stereocenters. The van der Waals surface area contributed by atoms with Gasteiger partial charge in [-0.1, -0.05) is 0 Å². The number of nitrogens with zero attached hydrogens (tertiary/aromatic N) is 2. The fourth-order valence-electron chi connectivity index (χ4n) is 1.80. The molecule has 3 nitrogen and oxygen atoms in total. The second-order valence-corrected chi connectivity index (χ2v) is 5.53. The number of hydrogen-bond acceptors (Lipinski definition) is 1. The zero-order chi connectivity index (χ0) is 14.8. The van der Waals surface area contributed by atoms with Crippen LogP contribution in [0.3, 0.4) is 0 Å². The number of amidine groups is 1. The fraction of sp³-hybridized carbons (Fsp3) is 0.500. The Morgan fingerprint density at radius 3 is 2.15 bits per heavy atom. The molecule has 0 fully saturated rings. The molecular formula is C16H23N2OSe. The van der Waals surface area contributed by atoms with E-state index < -0.39 is 0 Å². The van der Waals surface area contributed by atoms with Crippen molar-refractivity contribution < 1.29 is 4.79 Å². The summed E-state index contributed by atoms with van der Waals surface area (Å²) < 4.78 is 0.709. The van der Waals surface area contributed by atoms with E-state index in [2.05, 4.69) is 39.8 Å². The van der Waals surface area contributed by atoms with Crippen LogP contribution in [0, 0.1) is 0 Å². The Morgan fingerprint density at radius 1 is 1.10 bits per heavy atom. The Kier molecular flexibility index (Phi) is 8.24. The monoisotopic (exact) mass is 339 g/mol. The first-order chi connectivity index (χ1) is 9.69. The van der Waals surface area contributed by atoms with Crippen molar-refractivity contribution in [3.63, 3.8) is 0 Å². The molecule has 0 aromatic heterocycles. The number of aliphatic imine (C=N–C) groups is 1. The van der Waals surface area contributed by atoms with Crippen LogP contribution in [-0.2, 0) is 0 Å². The minimum absolute atomic E-state index is 0.183. The third-order valence-electron chi connectivity index (χ3n) is 3.05.